The molecule has 1 fully saturated rings. The second kappa shape index (κ2) is 7.22. The topological polar surface area (TPSA) is 63.4 Å². The summed E-state index contributed by atoms with van der Waals surface area (Å²) >= 11 is 3.31. The van der Waals surface area contributed by atoms with Crippen molar-refractivity contribution in [2.75, 3.05) is 13.1 Å². The lowest BCUT2D eigenvalue weighted by atomic mass is 9.93. The molecule has 1 aromatic carbocycles. The number of rotatable bonds is 3. The first-order chi connectivity index (χ1) is 8.91. The number of sulfonamides is 1. The van der Waals surface area contributed by atoms with Crippen LogP contribution in [-0.4, -0.2) is 31.9 Å². The van der Waals surface area contributed by atoms with Crippen molar-refractivity contribution >= 4 is 38.4 Å². The van der Waals surface area contributed by atoms with E-state index in [4.69, 9.17) is 5.73 Å². The van der Waals surface area contributed by atoms with E-state index in [1.54, 1.807) is 22.5 Å². The predicted molar refractivity (Wildman–Crippen MR) is 86.5 cm³/mol. The van der Waals surface area contributed by atoms with Crippen molar-refractivity contribution < 1.29 is 8.42 Å². The molecule has 2 N–H and O–H groups in total. The number of benzene rings is 1. The summed E-state index contributed by atoms with van der Waals surface area (Å²) < 4.78 is 27.5. The monoisotopic (exact) mass is 382 g/mol. The Balaban J connectivity index is 0.00000200. The minimum atomic E-state index is -3.40. The smallest absolute Gasteiger partial charge is 0.243 e. The molecule has 0 aromatic heterocycles. The van der Waals surface area contributed by atoms with E-state index in [0.717, 1.165) is 17.3 Å². The molecule has 2 unspecified atom stereocenters. The van der Waals surface area contributed by atoms with E-state index < -0.39 is 10.0 Å². The standard InChI is InChI=1S/C13H19BrN2O2S.ClH/c1-10(15)11-4-3-7-16(9-11)19(17,18)13-6-2-5-12(14)8-13;/h2,5-6,8,10-11H,3-4,7,9,15H2,1H3;1H. The number of halogens is 2. The Kier molecular flexibility index (Phi) is 6.47. The van der Waals surface area contributed by atoms with Crippen LogP contribution in [0.3, 0.4) is 0 Å². The average molecular weight is 384 g/mol. The number of hydrogen-bond donors (Lipinski definition) is 1. The molecule has 0 spiro atoms. The van der Waals surface area contributed by atoms with Crippen LogP contribution in [0, 0.1) is 5.92 Å². The lowest BCUT2D eigenvalue weighted by molar-refractivity contribution is 0.243. The SMILES string of the molecule is CC(N)C1CCCN(S(=O)(=O)c2cccc(Br)c2)C1.Cl. The van der Waals surface area contributed by atoms with Crippen molar-refractivity contribution in [2.45, 2.75) is 30.7 Å². The normalized spacial score (nSPS) is 22.1. The summed E-state index contributed by atoms with van der Waals surface area (Å²) in [6.07, 6.45) is 1.88. The van der Waals surface area contributed by atoms with Gasteiger partial charge in [0.05, 0.1) is 4.90 Å². The number of hydrogen-bond acceptors (Lipinski definition) is 3. The van der Waals surface area contributed by atoms with Crippen molar-refractivity contribution in [3.05, 3.63) is 28.7 Å². The van der Waals surface area contributed by atoms with Crippen LogP contribution in [0.2, 0.25) is 0 Å². The van der Waals surface area contributed by atoms with Crippen molar-refractivity contribution in [3.8, 4) is 0 Å². The summed E-state index contributed by atoms with van der Waals surface area (Å²) in [4.78, 5) is 0.340. The van der Waals surface area contributed by atoms with Gasteiger partial charge in [0.15, 0.2) is 0 Å². The van der Waals surface area contributed by atoms with E-state index in [2.05, 4.69) is 15.9 Å². The molecule has 0 bridgehead atoms. The van der Waals surface area contributed by atoms with Gasteiger partial charge in [-0.3, -0.25) is 0 Å². The minimum absolute atomic E-state index is 0. The van der Waals surface area contributed by atoms with Gasteiger partial charge < -0.3 is 5.73 Å². The first-order valence-electron chi connectivity index (χ1n) is 6.42. The van der Waals surface area contributed by atoms with Gasteiger partial charge in [-0.2, -0.15) is 4.31 Å². The Labute approximate surface area is 135 Å². The molecule has 2 atom stereocenters. The Morgan fingerprint density at radius 2 is 2.15 bits per heavy atom. The van der Waals surface area contributed by atoms with Crippen molar-refractivity contribution in [3.63, 3.8) is 0 Å². The molecule has 2 rings (SSSR count). The summed E-state index contributed by atoms with van der Waals surface area (Å²) in [5, 5.41) is 0. The molecule has 114 valence electrons. The Hall–Kier alpha value is -0.140. The zero-order valence-corrected chi connectivity index (χ0v) is 14.5. The third-order valence-corrected chi connectivity index (χ3v) is 5.95. The van der Waals surface area contributed by atoms with Gasteiger partial charge >= 0.3 is 0 Å². The van der Waals surface area contributed by atoms with E-state index in [9.17, 15) is 8.42 Å². The average Bonchev–Trinajstić information content (AvgIpc) is 2.39. The minimum Gasteiger partial charge on any atom is -0.328 e. The Morgan fingerprint density at radius 3 is 2.75 bits per heavy atom. The maximum Gasteiger partial charge on any atom is 0.243 e. The van der Waals surface area contributed by atoms with E-state index in [1.165, 1.54) is 0 Å². The van der Waals surface area contributed by atoms with Crippen LogP contribution >= 0.6 is 28.3 Å². The second-order valence-electron chi connectivity index (χ2n) is 5.08. The summed E-state index contributed by atoms with van der Waals surface area (Å²) in [5.41, 5.74) is 5.91. The molecule has 7 heteroatoms. The molecular formula is C13H20BrClN2O2S. The van der Waals surface area contributed by atoms with Crippen molar-refractivity contribution in [2.24, 2.45) is 11.7 Å². The maximum atomic E-state index is 12.6. The molecule has 0 radical (unpaired) electrons. The summed E-state index contributed by atoms with van der Waals surface area (Å²) in [6, 6.07) is 6.87. The van der Waals surface area contributed by atoms with Gasteiger partial charge in [-0.15, -0.1) is 12.4 Å². The molecule has 0 aliphatic carbocycles. The molecule has 1 heterocycles. The number of nitrogens with zero attached hydrogens (tertiary/aromatic N) is 1. The molecule has 1 aliphatic heterocycles. The molecule has 20 heavy (non-hydrogen) atoms. The summed E-state index contributed by atoms with van der Waals surface area (Å²) in [6.45, 7) is 3.05. The van der Waals surface area contributed by atoms with Crippen LogP contribution in [0.1, 0.15) is 19.8 Å². The highest BCUT2D eigenvalue weighted by Crippen LogP contribution is 2.26. The molecule has 0 saturated carbocycles. The molecule has 4 nitrogen and oxygen atoms in total. The van der Waals surface area contributed by atoms with Gasteiger partial charge in [0.2, 0.25) is 10.0 Å². The highest BCUT2D eigenvalue weighted by molar-refractivity contribution is 9.10. The van der Waals surface area contributed by atoms with Crippen LogP contribution in [0.25, 0.3) is 0 Å². The van der Waals surface area contributed by atoms with Crippen LogP contribution in [0.4, 0.5) is 0 Å². The lowest BCUT2D eigenvalue weighted by Crippen LogP contribution is -2.44. The molecule has 1 aliphatic rings. The highest BCUT2D eigenvalue weighted by atomic mass is 79.9. The van der Waals surface area contributed by atoms with Crippen LogP contribution in [0.5, 0.6) is 0 Å². The van der Waals surface area contributed by atoms with Crippen LogP contribution in [0.15, 0.2) is 33.6 Å². The Morgan fingerprint density at radius 1 is 1.45 bits per heavy atom. The first kappa shape index (κ1) is 17.9. The number of nitrogens with two attached hydrogens (primary N) is 1. The highest BCUT2D eigenvalue weighted by Gasteiger charge is 2.31. The largest absolute Gasteiger partial charge is 0.328 e. The first-order valence-corrected chi connectivity index (χ1v) is 8.66. The zero-order chi connectivity index (χ0) is 14.0. The quantitative estimate of drug-likeness (QED) is 0.872. The summed E-state index contributed by atoms with van der Waals surface area (Å²) in [7, 11) is -3.40. The van der Waals surface area contributed by atoms with E-state index in [0.29, 0.717) is 18.0 Å². The molecule has 1 saturated heterocycles. The third-order valence-electron chi connectivity index (χ3n) is 3.60. The Bertz CT molecular complexity index is 551. The maximum absolute atomic E-state index is 12.6. The fourth-order valence-corrected chi connectivity index (χ4v) is 4.53. The molecular weight excluding hydrogens is 364 g/mol. The fraction of sp³-hybridized carbons (Fsp3) is 0.538. The van der Waals surface area contributed by atoms with Gasteiger partial charge in [-0.25, -0.2) is 8.42 Å². The van der Waals surface area contributed by atoms with Crippen LogP contribution in [-0.2, 0) is 10.0 Å². The zero-order valence-electron chi connectivity index (χ0n) is 11.3. The second-order valence-corrected chi connectivity index (χ2v) is 7.94. The van der Waals surface area contributed by atoms with Gasteiger partial charge in [-0.1, -0.05) is 22.0 Å². The van der Waals surface area contributed by atoms with Gasteiger partial charge in [0.1, 0.15) is 0 Å². The molecule has 1 aromatic rings. The molecule has 0 amide bonds. The summed E-state index contributed by atoms with van der Waals surface area (Å²) in [5.74, 6) is 0.246. The van der Waals surface area contributed by atoms with Gasteiger partial charge in [0.25, 0.3) is 0 Å². The van der Waals surface area contributed by atoms with Crippen LogP contribution < -0.4 is 5.73 Å². The van der Waals surface area contributed by atoms with Gasteiger partial charge in [-0.05, 0) is 43.9 Å². The fourth-order valence-electron chi connectivity index (χ4n) is 2.40. The lowest BCUT2D eigenvalue weighted by Gasteiger charge is -2.33. The predicted octanol–water partition coefficient (Wildman–Crippen LogP) is 2.62. The van der Waals surface area contributed by atoms with Crippen molar-refractivity contribution in [1.29, 1.82) is 0 Å². The van der Waals surface area contributed by atoms with Gasteiger partial charge in [0, 0.05) is 23.6 Å². The van der Waals surface area contributed by atoms with E-state index in [-0.39, 0.29) is 24.4 Å². The van der Waals surface area contributed by atoms with Crippen molar-refractivity contribution in [1.82, 2.24) is 4.31 Å². The number of piperidine rings is 1. The van der Waals surface area contributed by atoms with E-state index >= 15 is 0 Å². The van der Waals surface area contributed by atoms with E-state index in [1.807, 2.05) is 13.0 Å². The third kappa shape index (κ3) is 3.95.